The first-order valence-electron chi connectivity index (χ1n) is 4.89. The first kappa shape index (κ1) is 11.0. The van der Waals surface area contributed by atoms with Gasteiger partial charge in [0.1, 0.15) is 13.7 Å². The number of likely N-dealkylation sites (N-methyl/N-ethyl adjacent to an activating group) is 1. The molecule has 0 aliphatic carbocycles. The maximum atomic E-state index is 5.82. The van der Waals surface area contributed by atoms with Crippen molar-refractivity contribution in [1.82, 2.24) is 10.3 Å². The lowest BCUT2D eigenvalue weighted by Crippen LogP contribution is -2.38. The van der Waals surface area contributed by atoms with E-state index in [1.54, 1.807) is 5.01 Å². The Hall–Kier alpha value is -1.07. The fourth-order valence-electron chi connectivity index (χ4n) is 1.12. The van der Waals surface area contributed by atoms with Crippen molar-refractivity contribution in [3.63, 3.8) is 0 Å². The van der Waals surface area contributed by atoms with Crippen molar-refractivity contribution in [2.45, 2.75) is 6.92 Å². The van der Waals surface area contributed by atoms with Crippen LogP contribution in [0.3, 0.4) is 0 Å². The van der Waals surface area contributed by atoms with E-state index < -0.39 is 0 Å². The Morgan fingerprint density at radius 1 is 1.57 bits per heavy atom. The quantitative estimate of drug-likeness (QED) is 0.261. The van der Waals surface area contributed by atoms with Crippen LogP contribution in [0.1, 0.15) is 6.92 Å². The summed E-state index contributed by atoms with van der Waals surface area (Å²) < 4.78 is 0. The molecule has 14 heavy (non-hydrogen) atoms. The molecule has 0 saturated carbocycles. The van der Waals surface area contributed by atoms with E-state index in [2.05, 4.69) is 17.2 Å². The molecule has 0 atom stereocenters. The summed E-state index contributed by atoms with van der Waals surface area (Å²) in [4.78, 5) is 4.23. The van der Waals surface area contributed by atoms with Crippen LogP contribution < -0.4 is 21.6 Å². The lowest BCUT2D eigenvalue weighted by molar-refractivity contribution is 0.687. The van der Waals surface area contributed by atoms with Crippen molar-refractivity contribution < 1.29 is 0 Å². The van der Waals surface area contributed by atoms with Gasteiger partial charge in [-0.1, -0.05) is 18.5 Å². The third-order valence-electron chi connectivity index (χ3n) is 1.97. The number of nitrogens with zero attached hydrogens (tertiary/aromatic N) is 2. The zero-order valence-corrected chi connectivity index (χ0v) is 8.83. The normalized spacial score (nSPS) is 10.1. The molecule has 0 spiro atoms. The average molecular weight is 192 g/mol. The topological polar surface area (TPSA) is 54.2 Å². The van der Waals surface area contributed by atoms with Crippen molar-refractivity contribution in [2.24, 2.45) is 5.84 Å². The van der Waals surface area contributed by atoms with Gasteiger partial charge in [0.25, 0.3) is 0 Å². The van der Waals surface area contributed by atoms with Crippen LogP contribution in [0.2, 0.25) is 0 Å². The molecule has 0 saturated heterocycles. The SMILES string of the molecule is Bc1ccc(N(N)CCNCC)nc1. The zero-order valence-electron chi connectivity index (χ0n) is 8.83. The lowest BCUT2D eigenvalue weighted by Gasteiger charge is -2.17. The number of aromatic nitrogens is 1. The van der Waals surface area contributed by atoms with Gasteiger partial charge in [0.15, 0.2) is 0 Å². The number of hydrogen-bond donors (Lipinski definition) is 2. The van der Waals surface area contributed by atoms with Crippen molar-refractivity contribution in [1.29, 1.82) is 0 Å². The van der Waals surface area contributed by atoms with Gasteiger partial charge in [-0.3, -0.25) is 5.01 Å². The van der Waals surface area contributed by atoms with E-state index in [1.165, 1.54) is 0 Å². The third-order valence-corrected chi connectivity index (χ3v) is 1.97. The fraction of sp³-hybridized carbons (Fsp3) is 0.444. The van der Waals surface area contributed by atoms with E-state index in [0.29, 0.717) is 0 Å². The van der Waals surface area contributed by atoms with Crippen LogP contribution in [0.4, 0.5) is 5.82 Å². The maximum Gasteiger partial charge on any atom is 0.142 e. The van der Waals surface area contributed by atoms with Crippen LogP contribution in [0.25, 0.3) is 0 Å². The Bertz CT molecular complexity index is 262. The highest BCUT2D eigenvalue weighted by molar-refractivity contribution is 6.32. The summed E-state index contributed by atoms with van der Waals surface area (Å²) in [6, 6.07) is 3.94. The second-order valence-corrected chi connectivity index (χ2v) is 3.24. The maximum absolute atomic E-state index is 5.82. The molecule has 0 aromatic carbocycles. The molecule has 1 aromatic rings. The molecule has 4 nitrogen and oxygen atoms in total. The van der Waals surface area contributed by atoms with Gasteiger partial charge >= 0.3 is 0 Å². The van der Waals surface area contributed by atoms with Gasteiger partial charge in [0.05, 0.1) is 0 Å². The number of hydrogen-bond acceptors (Lipinski definition) is 4. The fourth-order valence-corrected chi connectivity index (χ4v) is 1.12. The Morgan fingerprint density at radius 2 is 2.36 bits per heavy atom. The van der Waals surface area contributed by atoms with Gasteiger partial charge in [-0.15, -0.1) is 0 Å². The number of nitrogens with one attached hydrogen (secondary N) is 1. The Labute approximate surface area is 85.9 Å². The minimum absolute atomic E-state index is 0.768. The van der Waals surface area contributed by atoms with E-state index in [0.717, 1.165) is 30.9 Å². The zero-order chi connectivity index (χ0) is 10.4. The monoisotopic (exact) mass is 192 g/mol. The number of rotatable bonds is 5. The molecule has 0 bridgehead atoms. The second-order valence-electron chi connectivity index (χ2n) is 3.24. The molecule has 76 valence electrons. The molecular formula is C9H17BN4. The summed E-state index contributed by atoms with van der Waals surface area (Å²) >= 11 is 0. The van der Waals surface area contributed by atoms with Crippen molar-refractivity contribution in [3.8, 4) is 0 Å². The van der Waals surface area contributed by atoms with E-state index in [1.807, 2.05) is 26.2 Å². The number of anilines is 1. The van der Waals surface area contributed by atoms with Crippen LogP contribution in [0.5, 0.6) is 0 Å². The van der Waals surface area contributed by atoms with Crippen molar-refractivity contribution in [3.05, 3.63) is 18.3 Å². The Balaban J connectivity index is 2.43. The van der Waals surface area contributed by atoms with E-state index in [-0.39, 0.29) is 0 Å². The predicted molar refractivity (Wildman–Crippen MR) is 62.5 cm³/mol. The molecule has 0 radical (unpaired) electrons. The van der Waals surface area contributed by atoms with E-state index in [4.69, 9.17) is 5.84 Å². The van der Waals surface area contributed by atoms with E-state index >= 15 is 0 Å². The highest BCUT2D eigenvalue weighted by Gasteiger charge is 2.00. The molecule has 5 heteroatoms. The smallest absolute Gasteiger partial charge is 0.142 e. The van der Waals surface area contributed by atoms with Gasteiger partial charge in [-0.2, -0.15) is 0 Å². The summed E-state index contributed by atoms with van der Waals surface area (Å²) in [5.74, 6) is 6.63. The lowest BCUT2D eigenvalue weighted by atomic mass is 9.99. The molecule has 0 aliphatic rings. The largest absolute Gasteiger partial charge is 0.315 e. The number of nitrogens with two attached hydrogens (primary N) is 1. The number of pyridine rings is 1. The molecule has 1 rings (SSSR count). The molecular weight excluding hydrogens is 175 g/mol. The first-order chi connectivity index (χ1) is 6.74. The summed E-state index contributed by atoms with van der Waals surface area (Å²) in [5.41, 5.74) is 1.15. The number of hydrazine groups is 1. The minimum Gasteiger partial charge on any atom is -0.315 e. The molecule has 1 aromatic heterocycles. The summed E-state index contributed by atoms with van der Waals surface area (Å²) in [6.07, 6.45) is 1.82. The van der Waals surface area contributed by atoms with Gasteiger partial charge in [-0.25, -0.2) is 10.8 Å². The van der Waals surface area contributed by atoms with Gasteiger partial charge in [-0.05, 0) is 12.6 Å². The highest BCUT2D eigenvalue weighted by atomic mass is 15.4. The Kier molecular flexibility index (Phi) is 4.42. The van der Waals surface area contributed by atoms with Crippen LogP contribution in [0, 0.1) is 0 Å². The van der Waals surface area contributed by atoms with Gasteiger partial charge < -0.3 is 5.32 Å². The second kappa shape index (κ2) is 5.62. The molecule has 1 heterocycles. The molecule has 0 fully saturated rings. The first-order valence-corrected chi connectivity index (χ1v) is 4.89. The van der Waals surface area contributed by atoms with Crippen LogP contribution in [0.15, 0.2) is 18.3 Å². The third kappa shape index (κ3) is 3.36. The van der Waals surface area contributed by atoms with Crippen molar-refractivity contribution >= 4 is 19.1 Å². The minimum atomic E-state index is 0.768. The standard InChI is InChI=1S/C9H17BN4/c1-2-12-5-6-14(11)9-4-3-8(10)7-13-9/h3-4,7,12H,2,5-6,10-11H2,1H3. The highest BCUT2D eigenvalue weighted by Crippen LogP contribution is 2.01. The summed E-state index contributed by atoms with van der Waals surface area (Å²) in [5, 5.41) is 4.87. The van der Waals surface area contributed by atoms with E-state index in [9.17, 15) is 0 Å². The molecule has 0 amide bonds. The average Bonchev–Trinajstić information content (AvgIpc) is 2.19. The molecule has 3 N–H and O–H groups in total. The van der Waals surface area contributed by atoms with Crippen LogP contribution >= 0.6 is 0 Å². The summed E-state index contributed by atoms with van der Waals surface area (Å²) in [6.45, 7) is 4.69. The van der Waals surface area contributed by atoms with Gasteiger partial charge in [0, 0.05) is 19.3 Å². The van der Waals surface area contributed by atoms with Crippen LogP contribution in [-0.2, 0) is 0 Å². The summed E-state index contributed by atoms with van der Waals surface area (Å²) in [7, 11) is 2.01. The molecule has 0 aliphatic heterocycles. The van der Waals surface area contributed by atoms with Crippen LogP contribution in [-0.4, -0.2) is 32.5 Å². The molecule has 0 unspecified atom stereocenters. The Morgan fingerprint density at radius 3 is 2.93 bits per heavy atom. The van der Waals surface area contributed by atoms with Gasteiger partial charge in [0.2, 0.25) is 0 Å². The predicted octanol–water partition coefficient (Wildman–Crippen LogP) is -1.37. The van der Waals surface area contributed by atoms with Crippen molar-refractivity contribution in [2.75, 3.05) is 24.6 Å².